The van der Waals surface area contributed by atoms with Gasteiger partial charge in [-0.1, -0.05) is 35.9 Å². The van der Waals surface area contributed by atoms with Crippen molar-refractivity contribution in [2.24, 2.45) is 0 Å². The van der Waals surface area contributed by atoms with Crippen LogP contribution < -0.4 is 10.2 Å². The first-order chi connectivity index (χ1) is 15.0. The molecule has 1 aliphatic heterocycles. The molecule has 2 amide bonds. The van der Waals surface area contributed by atoms with E-state index in [0.717, 1.165) is 18.4 Å². The van der Waals surface area contributed by atoms with E-state index in [1.807, 2.05) is 12.1 Å². The number of amides is 2. The van der Waals surface area contributed by atoms with Crippen molar-refractivity contribution in [3.8, 4) is 0 Å². The molecule has 1 heterocycles. The molecule has 0 aromatic heterocycles. The molecule has 1 atom stereocenters. The highest BCUT2D eigenvalue weighted by Crippen LogP contribution is 2.36. The van der Waals surface area contributed by atoms with Crippen LogP contribution in [0.3, 0.4) is 0 Å². The van der Waals surface area contributed by atoms with Crippen LogP contribution in [0, 0.1) is 0 Å². The summed E-state index contributed by atoms with van der Waals surface area (Å²) in [5.41, 5.74) is 2.15. The number of carbonyl (C=O) groups excluding carboxylic acids is 2. The van der Waals surface area contributed by atoms with Crippen LogP contribution in [0.5, 0.6) is 0 Å². The van der Waals surface area contributed by atoms with E-state index in [4.69, 9.17) is 11.6 Å². The molecule has 0 saturated heterocycles. The summed E-state index contributed by atoms with van der Waals surface area (Å²) in [5.74, 6) is -0.449. The number of hydrogen-bond donors (Lipinski definition) is 1. The zero-order valence-electron chi connectivity index (χ0n) is 16.5. The fourth-order valence-electron chi connectivity index (χ4n) is 3.68. The maximum atomic E-state index is 13.6. The highest BCUT2D eigenvalue weighted by atomic mass is 35.5. The number of carbonyl (C=O) groups is 2. The Hall–Kier alpha value is -2.96. The van der Waals surface area contributed by atoms with Gasteiger partial charge in [0.1, 0.15) is 0 Å². The Bertz CT molecular complexity index is 1240. The number of nitrogens with zero attached hydrogens (tertiary/aromatic N) is 1. The summed E-state index contributed by atoms with van der Waals surface area (Å²) in [5, 5.41) is 3.54. The van der Waals surface area contributed by atoms with Crippen molar-refractivity contribution in [2.75, 3.05) is 4.90 Å². The van der Waals surface area contributed by atoms with Crippen LogP contribution >= 0.6 is 11.6 Å². The van der Waals surface area contributed by atoms with Gasteiger partial charge in [-0.15, -0.1) is 0 Å². The summed E-state index contributed by atoms with van der Waals surface area (Å²) >= 11 is 6.15. The molecule has 3 aromatic rings. The lowest BCUT2D eigenvalue weighted by Crippen LogP contribution is -2.31. The van der Waals surface area contributed by atoms with Gasteiger partial charge in [-0.3, -0.25) is 9.59 Å². The Morgan fingerprint density at radius 3 is 2.61 bits per heavy atom. The van der Waals surface area contributed by atoms with Crippen molar-refractivity contribution in [1.82, 2.24) is 5.32 Å². The second-order valence-electron chi connectivity index (χ2n) is 7.72. The minimum absolute atomic E-state index is 0.187. The second-order valence-corrected chi connectivity index (χ2v) is 9.57. The van der Waals surface area contributed by atoms with E-state index < -0.39 is 10.8 Å². The van der Waals surface area contributed by atoms with Gasteiger partial charge in [0.2, 0.25) is 0 Å². The van der Waals surface area contributed by atoms with Gasteiger partial charge in [0, 0.05) is 16.6 Å². The molecule has 1 N–H and O–H groups in total. The zero-order valence-corrected chi connectivity index (χ0v) is 18.1. The van der Waals surface area contributed by atoms with Gasteiger partial charge in [-0.25, -0.2) is 4.21 Å². The van der Waals surface area contributed by atoms with Crippen molar-refractivity contribution < 1.29 is 13.8 Å². The van der Waals surface area contributed by atoms with Gasteiger partial charge in [-0.05, 0) is 60.9 Å². The molecule has 156 valence electrons. The highest BCUT2D eigenvalue weighted by Gasteiger charge is 2.32. The van der Waals surface area contributed by atoms with Crippen molar-refractivity contribution in [3.05, 3.63) is 88.4 Å². The third-order valence-corrected chi connectivity index (χ3v) is 7.15. The SMILES string of the molecule is O=C(NC1CC1)c1ccc2c(c1)N(Cc1cccc(Cl)c1)C(=O)c1ccccc1[S@@]2=O. The first kappa shape index (κ1) is 20.0. The molecule has 0 radical (unpaired) electrons. The zero-order chi connectivity index (χ0) is 21.5. The molecule has 0 spiro atoms. The summed E-state index contributed by atoms with van der Waals surface area (Å²) < 4.78 is 13.4. The van der Waals surface area contributed by atoms with E-state index in [0.29, 0.717) is 31.6 Å². The average molecular weight is 451 g/mol. The minimum atomic E-state index is -1.55. The summed E-state index contributed by atoms with van der Waals surface area (Å²) in [6.07, 6.45) is 1.96. The van der Waals surface area contributed by atoms with Gasteiger partial charge in [0.25, 0.3) is 11.8 Å². The van der Waals surface area contributed by atoms with Crippen LogP contribution in [0.1, 0.15) is 39.1 Å². The molecule has 5 rings (SSSR count). The first-order valence-electron chi connectivity index (χ1n) is 10.0. The number of halogens is 1. The largest absolute Gasteiger partial charge is 0.349 e. The third kappa shape index (κ3) is 3.89. The second kappa shape index (κ2) is 7.94. The number of benzene rings is 3. The number of fused-ring (bicyclic) bond motifs is 2. The number of nitrogens with one attached hydrogen (secondary N) is 1. The molecule has 31 heavy (non-hydrogen) atoms. The maximum Gasteiger partial charge on any atom is 0.259 e. The van der Waals surface area contributed by atoms with Gasteiger partial charge in [-0.2, -0.15) is 0 Å². The van der Waals surface area contributed by atoms with Gasteiger partial charge >= 0.3 is 0 Å². The van der Waals surface area contributed by atoms with Crippen LogP contribution in [0.25, 0.3) is 0 Å². The van der Waals surface area contributed by atoms with E-state index >= 15 is 0 Å². The maximum absolute atomic E-state index is 13.6. The van der Waals surface area contributed by atoms with Crippen molar-refractivity contribution in [2.45, 2.75) is 35.2 Å². The van der Waals surface area contributed by atoms with Crippen molar-refractivity contribution in [3.63, 3.8) is 0 Å². The summed E-state index contributed by atoms with van der Waals surface area (Å²) in [6.45, 7) is 0.242. The average Bonchev–Trinajstić information content (AvgIpc) is 3.60. The molecule has 1 saturated carbocycles. The summed E-state index contributed by atoms with van der Waals surface area (Å²) in [4.78, 5) is 28.8. The molecule has 0 bridgehead atoms. The van der Waals surface area contributed by atoms with Crippen LogP contribution in [0.4, 0.5) is 5.69 Å². The van der Waals surface area contributed by atoms with E-state index in [1.165, 1.54) is 0 Å². The lowest BCUT2D eigenvalue weighted by atomic mass is 10.1. The summed E-state index contributed by atoms with van der Waals surface area (Å²) in [7, 11) is -1.55. The number of rotatable bonds is 4. The molecule has 3 aromatic carbocycles. The van der Waals surface area contributed by atoms with Crippen molar-refractivity contribution >= 4 is 39.9 Å². The first-order valence-corrected chi connectivity index (χ1v) is 11.6. The number of anilines is 1. The standard InChI is InChI=1S/C24H19ClN2O3S/c25-17-5-3-4-15(12-17)14-27-20-13-16(23(28)26-18-9-10-18)8-11-22(20)31(30)21-7-2-1-6-19(21)24(27)29/h1-8,11-13,18H,9-10,14H2,(H,26,28)/t31-/m0/s1. The lowest BCUT2D eigenvalue weighted by molar-refractivity contribution is 0.0947. The number of hydrogen-bond acceptors (Lipinski definition) is 3. The normalized spacial score (nSPS) is 17.5. The predicted molar refractivity (Wildman–Crippen MR) is 120 cm³/mol. The van der Waals surface area contributed by atoms with Gasteiger partial charge < -0.3 is 10.2 Å². The summed E-state index contributed by atoms with van der Waals surface area (Å²) in [6, 6.07) is 19.5. The monoisotopic (exact) mass is 450 g/mol. The van der Waals surface area contributed by atoms with Gasteiger partial charge in [0.15, 0.2) is 0 Å². The molecular formula is C24H19ClN2O3S. The van der Waals surface area contributed by atoms with Crippen molar-refractivity contribution in [1.29, 1.82) is 0 Å². The molecular weight excluding hydrogens is 432 g/mol. The Morgan fingerprint density at radius 1 is 1.03 bits per heavy atom. The molecule has 7 heteroatoms. The van der Waals surface area contributed by atoms with Crippen LogP contribution in [0.2, 0.25) is 5.02 Å². The Morgan fingerprint density at radius 2 is 1.84 bits per heavy atom. The quantitative estimate of drug-likeness (QED) is 0.633. The fourth-order valence-corrected chi connectivity index (χ4v) is 5.23. The highest BCUT2D eigenvalue weighted by molar-refractivity contribution is 7.85. The fraction of sp³-hybridized carbons (Fsp3) is 0.167. The molecule has 2 aliphatic rings. The Kier molecular flexibility index (Phi) is 5.12. The van der Waals surface area contributed by atoms with Crippen LogP contribution in [-0.2, 0) is 17.3 Å². The molecule has 0 unspecified atom stereocenters. The van der Waals surface area contributed by atoms with E-state index in [2.05, 4.69) is 5.32 Å². The Balaban J connectivity index is 1.64. The van der Waals surface area contributed by atoms with Crippen LogP contribution in [0.15, 0.2) is 76.5 Å². The van der Waals surface area contributed by atoms with E-state index in [9.17, 15) is 13.8 Å². The topological polar surface area (TPSA) is 66.5 Å². The van der Waals surface area contributed by atoms with Crippen LogP contribution in [-0.4, -0.2) is 22.1 Å². The predicted octanol–water partition coefficient (Wildman–Crippen LogP) is 4.56. The molecule has 5 nitrogen and oxygen atoms in total. The Labute approximate surface area is 187 Å². The molecule has 1 fully saturated rings. The third-order valence-electron chi connectivity index (χ3n) is 5.42. The van der Waals surface area contributed by atoms with E-state index in [1.54, 1.807) is 59.5 Å². The minimum Gasteiger partial charge on any atom is -0.349 e. The van der Waals surface area contributed by atoms with Gasteiger partial charge in [0.05, 0.1) is 38.4 Å². The lowest BCUT2D eigenvalue weighted by Gasteiger charge is -2.23. The van der Waals surface area contributed by atoms with E-state index in [-0.39, 0.29) is 24.4 Å². The smallest absolute Gasteiger partial charge is 0.259 e. The molecule has 1 aliphatic carbocycles.